The first-order valence-electron chi connectivity index (χ1n) is 5.18. The van der Waals surface area contributed by atoms with Gasteiger partial charge in [0.25, 0.3) is 0 Å². The summed E-state index contributed by atoms with van der Waals surface area (Å²) in [6.07, 6.45) is 1.83. The van der Waals surface area contributed by atoms with Crippen molar-refractivity contribution in [1.29, 1.82) is 0 Å². The van der Waals surface area contributed by atoms with Crippen LogP contribution < -0.4 is 0 Å². The normalized spacial score (nSPS) is 25.7. The van der Waals surface area contributed by atoms with Gasteiger partial charge in [0.05, 0.1) is 13.2 Å². The molecule has 3 heteroatoms. The predicted molar refractivity (Wildman–Crippen MR) is 62.8 cm³/mol. The van der Waals surface area contributed by atoms with E-state index in [4.69, 9.17) is 4.74 Å². The Labute approximate surface area is 98.4 Å². The monoisotopic (exact) mass is 270 g/mol. The summed E-state index contributed by atoms with van der Waals surface area (Å²) < 4.78 is 6.50. The summed E-state index contributed by atoms with van der Waals surface area (Å²) in [4.78, 5) is 0. The summed E-state index contributed by atoms with van der Waals surface area (Å²) in [5, 5.41) is 9.47. The quantitative estimate of drug-likeness (QED) is 0.914. The number of aliphatic hydroxyl groups excluding tert-OH is 1. The molecule has 0 aliphatic carbocycles. The first-order valence-corrected chi connectivity index (χ1v) is 5.97. The average Bonchev–Trinajstić information content (AvgIpc) is 2.71. The van der Waals surface area contributed by atoms with Gasteiger partial charge in [-0.3, -0.25) is 0 Å². The molecule has 0 amide bonds. The van der Waals surface area contributed by atoms with Crippen molar-refractivity contribution >= 4 is 15.9 Å². The Balaban J connectivity index is 2.16. The van der Waals surface area contributed by atoms with Gasteiger partial charge in [-0.25, -0.2) is 0 Å². The zero-order chi connectivity index (χ0) is 10.7. The van der Waals surface area contributed by atoms with Crippen molar-refractivity contribution in [3.63, 3.8) is 0 Å². The Kier molecular flexibility index (Phi) is 3.44. The Morgan fingerprint density at radius 3 is 2.80 bits per heavy atom. The maximum atomic E-state index is 9.47. The van der Waals surface area contributed by atoms with Gasteiger partial charge in [0.15, 0.2) is 0 Å². The molecule has 0 saturated carbocycles. The van der Waals surface area contributed by atoms with Crippen LogP contribution in [0.2, 0.25) is 0 Å². The molecular weight excluding hydrogens is 256 g/mol. The van der Waals surface area contributed by atoms with Crippen molar-refractivity contribution < 1.29 is 9.84 Å². The van der Waals surface area contributed by atoms with Crippen molar-refractivity contribution in [3.05, 3.63) is 34.3 Å². The highest BCUT2D eigenvalue weighted by atomic mass is 79.9. The van der Waals surface area contributed by atoms with E-state index < -0.39 is 0 Å². The minimum absolute atomic E-state index is 0.0656. The summed E-state index contributed by atoms with van der Waals surface area (Å²) >= 11 is 3.53. The molecule has 1 N–H and O–H groups in total. The van der Waals surface area contributed by atoms with E-state index in [1.54, 1.807) is 0 Å². The second-order valence-corrected chi connectivity index (χ2v) is 5.08. The summed E-state index contributed by atoms with van der Waals surface area (Å²) in [6, 6.07) is 8.17. The Morgan fingerprint density at radius 1 is 1.40 bits per heavy atom. The van der Waals surface area contributed by atoms with E-state index in [0.717, 1.165) is 23.9 Å². The molecule has 0 spiro atoms. The summed E-state index contributed by atoms with van der Waals surface area (Å²) in [5.41, 5.74) is 1.18. The van der Waals surface area contributed by atoms with Crippen LogP contribution in [0.4, 0.5) is 0 Å². The van der Waals surface area contributed by atoms with Gasteiger partial charge in [0, 0.05) is 16.5 Å². The standard InChI is InChI=1S/C12H15BrO2/c13-11-4-2-1-3-10(11)7-12(8-14)5-6-15-9-12/h1-4,14H,5-9H2. The van der Waals surface area contributed by atoms with E-state index in [0.29, 0.717) is 6.61 Å². The number of benzene rings is 1. The molecule has 1 aliphatic rings. The van der Waals surface area contributed by atoms with Crippen LogP contribution in [0.25, 0.3) is 0 Å². The van der Waals surface area contributed by atoms with Gasteiger partial charge < -0.3 is 9.84 Å². The average molecular weight is 271 g/mol. The van der Waals surface area contributed by atoms with E-state index in [1.165, 1.54) is 5.56 Å². The molecule has 1 aliphatic heterocycles. The number of halogens is 1. The smallest absolute Gasteiger partial charge is 0.0548 e. The second-order valence-electron chi connectivity index (χ2n) is 4.23. The highest BCUT2D eigenvalue weighted by Crippen LogP contribution is 2.34. The van der Waals surface area contributed by atoms with Crippen LogP contribution in [0.3, 0.4) is 0 Å². The molecule has 1 heterocycles. The van der Waals surface area contributed by atoms with Gasteiger partial charge in [-0.2, -0.15) is 0 Å². The fourth-order valence-corrected chi connectivity index (χ4v) is 2.44. The topological polar surface area (TPSA) is 29.5 Å². The van der Waals surface area contributed by atoms with Crippen molar-refractivity contribution in [1.82, 2.24) is 0 Å². The lowest BCUT2D eigenvalue weighted by atomic mass is 9.82. The van der Waals surface area contributed by atoms with Crippen LogP contribution in [0.1, 0.15) is 12.0 Å². The molecular formula is C12H15BrO2. The molecule has 2 nitrogen and oxygen atoms in total. The summed E-state index contributed by atoms with van der Waals surface area (Å²) in [6.45, 7) is 1.64. The summed E-state index contributed by atoms with van der Waals surface area (Å²) in [5.74, 6) is 0. The first kappa shape index (κ1) is 11.1. The van der Waals surface area contributed by atoms with Crippen LogP contribution in [0.15, 0.2) is 28.7 Å². The third-order valence-corrected chi connectivity index (χ3v) is 3.82. The van der Waals surface area contributed by atoms with Crippen LogP contribution in [0.5, 0.6) is 0 Å². The molecule has 1 aromatic carbocycles. The van der Waals surface area contributed by atoms with Crippen LogP contribution in [-0.2, 0) is 11.2 Å². The molecule has 1 saturated heterocycles. The minimum atomic E-state index is -0.0656. The van der Waals surface area contributed by atoms with Crippen LogP contribution >= 0.6 is 15.9 Å². The molecule has 2 rings (SSSR count). The van der Waals surface area contributed by atoms with E-state index in [-0.39, 0.29) is 12.0 Å². The molecule has 0 radical (unpaired) electrons. The lowest BCUT2D eigenvalue weighted by Crippen LogP contribution is -2.28. The number of ether oxygens (including phenoxy) is 1. The van der Waals surface area contributed by atoms with Gasteiger partial charge in [-0.15, -0.1) is 0 Å². The van der Waals surface area contributed by atoms with Gasteiger partial charge >= 0.3 is 0 Å². The van der Waals surface area contributed by atoms with Gasteiger partial charge in [0.1, 0.15) is 0 Å². The Hall–Kier alpha value is -0.380. The van der Waals surface area contributed by atoms with E-state index >= 15 is 0 Å². The van der Waals surface area contributed by atoms with Gasteiger partial charge in [-0.1, -0.05) is 34.1 Å². The van der Waals surface area contributed by atoms with Crippen LogP contribution in [0, 0.1) is 5.41 Å². The number of rotatable bonds is 3. The van der Waals surface area contributed by atoms with E-state index in [2.05, 4.69) is 22.0 Å². The van der Waals surface area contributed by atoms with Crippen LogP contribution in [-0.4, -0.2) is 24.9 Å². The van der Waals surface area contributed by atoms with Crippen molar-refractivity contribution in [3.8, 4) is 0 Å². The predicted octanol–water partition coefficient (Wildman–Crippen LogP) is 2.39. The molecule has 1 fully saturated rings. The number of hydrogen-bond acceptors (Lipinski definition) is 2. The molecule has 15 heavy (non-hydrogen) atoms. The maximum Gasteiger partial charge on any atom is 0.0548 e. The SMILES string of the molecule is OCC1(Cc2ccccc2Br)CCOC1. The highest BCUT2D eigenvalue weighted by Gasteiger charge is 2.34. The third kappa shape index (κ3) is 2.41. The number of hydrogen-bond donors (Lipinski definition) is 1. The molecule has 82 valence electrons. The van der Waals surface area contributed by atoms with Crippen molar-refractivity contribution in [2.24, 2.45) is 5.41 Å². The maximum absolute atomic E-state index is 9.47. The molecule has 0 bridgehead atoms. The molecule has 1 aromatic rings. The van der Waals surface area contributed by atoms with Crippen molar-refractivity contribution in [2.75, 3.05) is 19.8 Å². The highest BCUT2D eigenvalue weighted by molar-refractivity contribution is 9.10. The molecule has 1 unspecified atom stereocenters. The first-order chi connectivity index (χ1) is 7.26. The summed E-state index contributed by atoms with van der Waals surface area (Å²) in [7, 11) is 0. The Bertz CT molecular complexity index is 332. The van der Waals surface area contributed by atoms with E-state index in [1.807, 2.05) is 18.2 Å². The van der Waals surface area contributed by atoms with E-state index in [9.17, 15) is 5.11 Å². The largest absolute Gasteiger partial charge is 0.396 e. The lowest BCUT2D eigenvalue weighted by molar-refractivity contribution is 0.0934. The number of aliphatic hydroxyl groups is 1. The fraction of sp³-hybridized carbons (Fsp3) is 0.500. The zero-order valence-corrected chi connectivity index (χ0v) is 10.2. The molecule has 0 aromatic heterocycles. The van der Waals surface area contributed by atoms with Gasteiger partial charge in [-0.05, 0) is 24.5 Å². The Morgan fingerprint density at radius 2 is 2.20 bits per heavy atom. The lowest BCUT2D eigenvalue weighted by Gasteiger charge is -2.25. The van der Waals surface area contributed by atoms with Crippen molar-refractivity contribution in [2.45, 2.75) is 12.8 Å². The third-order valence-electron chi connectivity index (χ3n) is 3.04. The van der Waals surface area contributed by atoms with Gasteiger partial charge in [0.2, 0.25) is 0 Å². The second kappa shape index (κ2) is 4.64. The minimum Gasteiger partial charge on any atom is -0.396 e. The fourth-order valence-electron chi connectivity index (χ4n) is 2.02. The molecule has 1 atom stereocenters. The zero-order valence-electron chi connectivity index (χ0n) is 8.58.